The molecule has 0 bridgehead atoms. The lowest BCUT2D eigenvalue weighted by Gasteiger charge is -2.26. The van der Waals surface area contributed by atoms with Gasteiger partial charge < -0.3 is 25.0 Å². The minimum atomic E-state index is -0.637. The first kappa shape index (κ1) is 25.5. The zero-order valence-electron chi connectivity index (χ0n) is 19.8. The number of thiophene rings is 1. The van der Waals surface area contributed by atoms with E-state index in [1.54, 1.807) is 55.0 Å². The van der Waals surface area contributed by atoms with E-state index in [2.05, 4.69) is 0 Å². The largest absolute Gasteiger partial charge is 0.484 e. The molecule has 1 aromatic heterocycles. The summed E-state index contributed by atoms with van der Waals surface area (Å²) >= 11 is 1.17. The van der Waals surface area contributed by atoms with Crippen LogP contribution >= 0.6 is 11.3 Å². The third kappa shape index (κ3) is 6.25. The van der Waals surface area contributed by atoms with Gasteiger partial charge in [-0.3, -0.25) is 9.59 Å². The van der Waals surface area contributed by atoms with Gasteiger partial charge in [0, 0.05) is 26.2 Å². The first-order chi connectivity index (χ1) is 16.0. The van der Waals surface area contributed by atoms with E-state index in [1.165, 1.54) is 23.5 Å². The molecule has 1 aromatic carbocycles. The van der Waals surface area contributed by atoms with Crippen LogP contribution in [0.1, 0.15) is 65.8 Å². The number of carbonyl (C=O) groups excluding carboxylic acids is 3. The third-order valence-electron chi connectivity index (χ3n) is 5.28. The van der Waals surface area contributed by atoms with Crippen molar-refractivity contribution in [2.75, 3.05) is 26.2 Å². The van der Waals surface area contributed by atoms with Gasteiger partial charge in [0.05, 0.1) is 5.56 Å². The van der Waals surface area contributed by atoms with Crippen LogP contribution in [0.15, 0.2) is 29.6 Å². The van der Waals surface area contributed by atoms with E-state index in [0.29, 0.717) is 42.2 Å². The molecule has 8 nitrogen and oxygen atoms in total. The van der Waals surface area contributed by atoms with E-state index < -0.39 is 35.4 Å². The number of hydrogen-bond donors (Lipinski definition) is 1. The molecule has 0 saturated carbocycles. The van der Waals surface area contributed by atoms with Crippen LogP contribution in [0.3, 0.4) is 0 Å². The van der Waals surface area contributed by atoms with Crippen molar-refractivity contribution in [2.24, 2.45) is 5.73 Å². The molecule has 2 heterocycles. The number of amides is 3. The highest BCUT2D eigenvalue weighted by molar-refractivity contribution is 7.12. The maximum atomic E-state index is 14.6. The van der Waals surface area contributed by atoms with E-state index in [4.69, 9.17) is 15.2 Å². The Morgan fingerprint density at radius 3 is 2.44 bits per heavy atom. The highest BCUT2D eigenvalue weighted by Gasteiger charge is 2.28. The second-order valence-corrected chi connectivity index (χ2v) is 10.0. The van der Waals surface area contributed by atoms with Crippen LogP contribution in [0.2, 0.25) is 0 Å². The minimum Gasteiger partial charge on any atom is -0.484 e. The molecule has 3 amide bonds. The molecule has 1 saturated heterocycles. The molecule has 1 unspecified atom stereocenters. The smallest absolute Gasteiger partial charge is 0.410 e. The van der Waals surface area contributed by atoms with Crippen LogP contribution in [-0.4, -0.2) is 59.5 Å². The molecular formula is C24H30FN3O5S. The summed E-state index contributed by atoms with van der Waals surface area (Å²) < 4.78 is 25.9. The van der Waals surface area contributed by atoms with Gasteiger partial charge in [-0.25, -0.2) is 9.18 Å². The Balaban J connectivity index is 1.71. The number of nitrogens with zero attached hydrogens (tertiary/aromatic N) is 2. The first-order valence-corrected chi connectivity index (χ1v) is 11.9. The molecule has 1 atom stereocenters. The molecule has 0 aliphatic carbocycles. The number of primary amides is 1. The fourth-order valence-electron chi connectivity index (χ4n) is 3.59. The Morgan fingerprint density at radius 1 is 1.09 bits per heavy atom. The van der Waals surface area contributed by atoms with E-state index >= 15 is 0 Å². The Kier molecular flexibility index (Phi) is 7.81. The molecule has 1 aliphatic rings. The molecule has 1 aliphatic heterocycles. The Hall–Kier alpha value is -3.14. The van der Waals surface area contributed by atoms with Crippen LogP contribution in [0.25, 0.3) is 0 Å². The lowest BCUT2D eigenvalue weighted by atomic mass is 10.0. The van der Waals surface area contributed by atoms with Crippen molar-refractivity contribution in [3.63, 3.8) is 0 Å². The standard InChI is InChI=1S/C24H30FN3O5S/c1-15(32-19-8-13-34-20(19)21(26)29)16-6-7-18(25)17(14-16)22(30)27-9-5-10-28(12-11-27)23(31)33-24(2,3)4/h6-8,13-15H,5,9-12H2,1-4H3,(H2,26,29). The second-order valence-electron chi connectivity index (χ2n) is 9.09. The predicted octanol–water partition coefficient (Wildman–Crippen LogP) is 4.21. The second kappa shape index (κ2) is 10.4. The van der Waals surface area contributed by atoms with Crippen molar-refractivity contribution < 1.29 is 28.2 Å². The summed E-state index contributed by atoms with van der Waals surface area (Å²) in [5, 5.41) is 1.70. The summed E-state index contributed by atoms with van der Waals surface area (Å²) in [7, 11) is 0. The number of rotatable bonds is 5. The monoisotopic (exact) mass is 491 g/mol. The Bertz CT molecular complexity index is 1070. The topological polar surface area (TPSA) is 102 Å². The molecule has 184 valence electrons. The molecule has 34 heavy (non-hydrogen) atoms. The van der Waals surface area contributed by atoms with Crippen LogP contribution < -0.4 is 10.5 Å². The summed E-state index contributed by atoms with van der Waals surface area (Å²) in [6.45, 7) is 8.55. The summed E-state index contributed by atoms with van der Waals surface area (Å²) in [6.07, 6.45) is -0.420. The molecule has 2 N–H and O–H groups in total. The molecule has 2 aromatic rings. The van der Waals surface area contributed by atoms with Crippen molar-refractivity contribution in [2.45, 2.75) is 45.8 Å². The molecule has 0 spiro atoms. The van der Waals surface area contributed by atoms with Gasteiger partial charge in [0.1, 0.15) is 28.1 Å². The molecule has 10 heteroatoms. The van der Waals surface area contributed by atoms with Gasteiger partial charge >= 0.3 is 6.09 Å². The zero-order chi connectivity index (χ0) is 25.0. The van der Waals surface area contributed by atoms with E-state index in [0.717, 1.165) is 0 Å². The predicted molar refractivity (Wildman–Crippen MR) is 127 cm³/mol. The van der Waals surface area contributed by atoms with E-state index in [1.807, 2.05) is 0 Å². The fraction of sp³-hybridized carbons (Fsp3) is 0.458. The Morgan fingerprint density at radius 2 is 1.76 bits per heavy atom. The quantitative estimate of drug-likeness (QED) is 0.675. The lowest BCUT2D eigenvalue weighted by molar-refractivity contribution is 0.0255. The minimum absolute atomic E-state index is 0.0703. The summed E-state index contributed by atoms with van der Waals surface area (Å²) in [5.74, 6) is -1.33. The van der Waals surface area contributed by atoms with E-state index in [-0.39, 0.29) is 12.1 Å². The number of halogens is 1. The van der Waals surface area contributed by atoms with Crippen molar-refractivity contribution >= 4 is 29.2 Å². The number of ether oxygens (including phenoxy) is 2. The number of benzene rings is 1. The number of carbonyl (C=O) groups is 3. The van der Waals surface area contributed by atoms with Crippen molar-refractivity contribution in [3.05, 3.63) is 51.5 Å². The fourth-order valence-corrected chi connectivity index (χ4v) is 4.26. The average molecular weight is 492 g/mol. The maximum Gasteiger partial charge on any atom is 0.410 e. The summed E-state index contributed by atoms with van der Waals surface area (Å²) in [6, 6.07) is 5.88. The van der Waals surface area contributed by atoms with E-state index in [9.17, 15) is 18.8 Å². The van der Waals surface area contributed by atoms with Crippen molar-refractivity contribution in [3.8, 4) is 5.75 Å². The molecule has 1 fully saturated rings. The van der Waals surface area contributed by atoms with Crippen LogP contribution in [0.5, 0.6) is 5.75 Å². The van der Waals surface area contributed by atoms with Crippen molar-refractivity contribution in [1.29, 1.82) is 0 Å². The highest BCUT2D eigenvalue weighted by Crippen LogP contribution is 2.30. The number of nitrogens with two attached hydrogens (primary N) is 1. The highest BCUT2D eigenvalue weighted by atomic mass is 32.1. The van der Waals surface area contributed by atoms with Gasteiger partial charge in [-0.1, -0.05) is 6.07 Å². The van der Waals surface area contributed by atoms with Gasteiger partial charge in [0.2, 0.25) is 0 Å². The van der Waals surface area contributed by atoms with Crippen LogP contribution in [-0.2, 0) is 4.74 Å². The molecular weight excluding hydrogens is 461 g/mol. The SMILES string of the molecule is CC(Oc1ccsc1C(N)=O)c1ccc(F)c(C(=O)N2CCCN(C(=O)OC(C)(C)C)CC2)c1. The first-order valence-electron chi connectivity index (χ1n) is 11.1. The lowest BCUT2D eigenvalue weighted by Crippen LogP contribution is -2.40. The third-order valence-corrected chi connectivity index (χ3v) is 6.19. The van der Waals surface area contributed by atoms with Gasteiger partial charge in [-0.05, 0) is 63.3 Å². The van der Waals surface area contributed by atoms with Crippen LogP contribution in [0.4, 0.5) is 9.18 Å². The summed E-state index contributed by atoms with van der Waals surface area (Å²) in [5.41, 5.74) is 5.27. The normalized spacial score (nSPS) is 15.4. The number of hydrogen-bond acceptors (Lipinski definition) is 6. The van der Waals surface area contributed by atoms with Crippen molar-refractivity contribution in [1.82, 2.24) is 9.80 Å². The molecule has 3 rings (SSSR count). The summed E-state index contributed by atoms with van der Waals surface area (Å²) in [4.78, 5) is 40.5. The zero-order valence-corrected chi connectivity index (χ0v) is 20.6. The van der Waals surface area contributed by atoms with Gasteiger partial charge in [0.15, 0.2) is 0 Å². The van der Waals surface area contributed by atoms with Gasteiger partial charge in [-0.2, -0.15) is 0 Å². The van der Waals surface area contributed by atoms with Crippen LogP contribution in [0, 0.1) is 5.82 Å². The molecule has 0 radical (unpaired) electrons. The Labute approximate surface area is 202 Å². The average Bonchev–Trinajstić information content (AvgIpc) is 3.07. The maximum absolute atomic E-state index is 14.6. The van der Waals surface area contributed by atoms with Gasteiger partial charge in [0.25, 0.3) is 11.8 Å². The van der Waals surface area contributed by atoms with Gasteiger partial charge in [-0.15, -0.1) is 11.3 Å².